The quantitative estimate of drug-likeness (QED) is 0.108. The number of rotatable bonds is 20. The Bertz CT molecular complexity index is 956. The summed E-state index contributed by atoms with van der Waals surface area (Å²) in [5.41, 5.74) is 3.51. The molecule has 0 aromatic carbocycles. The van der Waals surface area contributed by atoms with E-state index in [1.165, 1.54) is 0 Å². The first kappa shape index (κ1) is 43.7. The van der Waals surface area contributed by atoms with Crippen LogP contribution in [0, 0.1) is 0 Å². The number of ether oxygens (including phenoxy) is 3. The van der Waals surface area contributed by atoms with Crippen molar-refractivity contribution in [2.45, 2.75) is 130 Å². The number of carbonyl (C=O) groups is 5. The largest absolute Gasteiger partial charge is 0.444 e. The van der Waals surface area contributed by atoms with E-state index in [4.69, 9.17) is 19.9 Å². The van der Waals surface area contributed by atoms with Crippen molar-refractivity contribution < 1.29 is 38.2 Å². The molecule has 0 rings (SSSR count). The lowest BCUT2D eigenvalue weighted by molar-refractivity contribution is -0.126. The number of carbonyl (C=O) groups excluding carboxylic acids is 5. The normalized spacial score (nSPS) is 11.7. The van der Waals surface area contributed by atoms with Crippen LogP contribution in [0.5, 0.6) is 0 Å². The first-order valence-corrected chi connectivity index (χ1v) is 16.9. The zero-order chi connectivity index (χ0) is 36.1. The Morgan fingerprint density at radius 2 is 0.872 bits per heavy atom. The summed E-state index contributed by atoms with van der Waals surface area (Å²) < 4.78 is 16.4. The maximum absolute atomic E-state index is 12.9. The highest BCUT2D eigenvalue weighted by molar-refractivity contribution is 5.83. The average Bonchev–Trinajstić information content (AvgIpc) is 2.91. The third-order valence-corrected chi connectivity index (χ3v) is 6.14. The molecule has 5 N–H and O–H groups in total. The van der Waals surface area contributed by atoms with Gasteiger partial charge in [0.15, 0.2) is 0 Å². The number of nitrogens with two attached hydrogens (primary N) is 1. The van der Waals surface area contributed by atoms with Crippen LogP contribution in [-0.4, -0.2) is 109 Å². The number of nitrogens with zero attached hydrogens (tertiary/aromatic N) is 2. The molecule has 47 heavy (non-hydrogen) atoms. The van der Waals surface area contributed by atoms with Crippen molar-refractivity contribution in [1.82, 2.24) is 25.8 Å². The maximum Gasteiger partial charge on any atom is 0.410 e. The molecule has 0 saturated carbocycles. The summed E-state index contributed by atoms with van der Waals surface area (Å²) in [7, 11) is 0. The first-order valence-electron chi connectivity index (χ1n) is 16.9. The van der Waals surface area contributed by atoms with Gasteiger partial charge in [0.05, 0.1) is 0 Å². The van der Waals surface area contributed by atoms with Crippen LogP contribution in [0.4, 0.5) is 14.4 Å². The van der Waals surface area contributed by atoms with E-state index in [9.17, 15) is 24.0 Å². The Hall–Kier alpha value is -3.29. The summed E-state index contributed by atoms with van der Waals surface area (Å²) >= 11 is 0. The number of unbranched alkanes of at least 4 members (excludes halogenated alkanes) is 2. The number of alkyl carbamates (subject to hydrolysis) is 1. The van der Waals surface area contributed by atoms with Crippen molar-refractivity contribution in [1.29, 1.82) is 0 Å². The third-order valence-electron chi connectivity index (χ3n) is 6.14. The van der Waals surface area contributed by atoms with Gasteiger partial charge in [-0.15, -0.1) is 0 Å². The van der Waals surface area contributed by atoms with E-state index in [-0.39, 0.29) is 24.7 Å². The number of hydrogen-bond donors (Lipinski definition) is 4. The summed E-state index contributed by atoms with van der Waals surface area (Å²) in [5.74, 6) is -0.398. The summed E-state index contributed by atoms with van der Waals surface area (Å²) in [6.45, 7) is 19.5. The molecule has 14 nitrogen and oxygen atoms in total. The Balaban J connectivity index is 4.91. The molecule has 0 aliphatic heterocycles. The van der Waals surface area contributed by atoms with Gasteiger partial charge in [0, 0.05) is 58.7 Å². The minimum Gasteiger partial charge on any atom is -0.444 e. The van der Waals surface area contributed by atoms with Crippen LogP contribution in [0.3, 0.4) is 0 Å². The summed E-state index contributed by atoms with van der Waals surface area (Å²) in [6, 6.07) is 0. The van der Waals surface area contributed by atoms with Crippen molar-refractivity contribution in [3.63, 3.8) is 0 Å². The van der Waals surface area contributed by atoms with Gasteiger partial charge >= 0.3 is 18.3 Å². The Kier molecular flexibility index (Phi) is 20.7. The van der Waals surface area contributed by atoms with Crippen LogP contribution in [0.2, 0.25) is 0 Å². The Labute approximate surface area is 282 Å². The van der Waals surface area contributed by atoms with Crippen molar-refractivity contribution in [3.8, 4) is 0 Å². The molecule has 0 fully saturated rings. The summed E-state index contributed by atoms with van der Waals surface area (Å²) in [4.78, 5) is 65.1. The topological polar surface area (TPSA) is 182 Å². The predicted octanol–water partition coefficient (Wildman–Crippen LogP) is 4.30. The Morgan fingerprint density at radius 1 is 0.511 bits per heavy atom. The third kappa shape index (κ3) is 26.5. The second-order valence-corrected chi connectivity index (χ2v) is 14.5. The molecule has 5 amide bonds. The van der Waals surface area contributed by atoms with E-state index in [0.717, 1.165) is 12.8 Å². The van der Waals surface area contributed by atoms with Crippen molar-refractivity contribution in [2.24, 2.45) is 5.73 Å². The van der Waals surface area contributed by atoms with Gasteiger partial charge in [-0.25, -0.2) is 14.4 Å². The minimum atomic E-state index is -0.671. The van der Waals surface area contributed by atoms with Crippen LogP contribution in [-0.2, 0) is 23.8 Å². The molecule has 0 unspecified atom stereocenters. The molecule has 0 saturated heterocycles. The summed E-state index contributed by atoms with van der Waals surface area (Å²) in [6.07, 6.45) is 2.64. The standard InChI is InChI=1S/C33H64N6O8/c1-31(2,3)45-28(42)37-21-15-25-39(30(44)47-33(7,8)9)23-13-12-22-38(29(43)46-32(4,5)6)24-14-20-36-27(41)17-16-26(40)35-19-11-10-18-34/h10-25,34H2,1-9H3,(H,35,40)(H,36,41)(H,37,42). The van der Waals surface area contributed by atoms with Gasteiger partial charge in [-0.2, -0.15) is 0 Å². The highest BCUT2D eigenvalue weighted by Crippen LogP contribution is 2.13. The molecule has 0 aliphatic carbocycles. The van der Waals surface area contributed by atoms with Gasteiger partial charge in [-0.1, -0.05) is 0 Å². The SMILES string of the molecule is CC(C)(C)OC(=O)NCCCN(CCCCN(CCCNC(=O)CCC(=O)NCCCCN)C(=O)OC(C)(C)C)C(=O)OC(C)(C)C. The zero-order valence-corrected chi connectivity index (χ0v) is 30.6. The number of amides is 5. The number of nitrogens with one attached hydrogen (secondary N) is 3. The van der Waals surface area contributed by atoms with E-state index in [2.05, 4.69) is 16.0 Å². The van der Waals surface area contributed by atoms with Crippen molar-refractivity contribution in [3.05, 3.63) is 0 Å². The fourth-order valence-corrected chi connectivity index (χ4v) is 4.02. The average molecular weight is 673 g/mol. The predicted molar refractivity (Wildman–Crippen MR) is 182 cm³/mol. The summed E-state index contributed by atoms with van der Waals surface area (Å²) in [5, 5.41) is 8.29. The molecule has 0 heterocycles. The first-order chi connectivity index (χ1) is 21.7. The second-order valence-electron chi connectivity index (χ2n) is 14.5. The minimum absolute atomic E-state index is 0.0870. The fourth-order valence-electron chi connectivity index (χ4n) is 4.02. The van der Waals surface area contributed by atoms with E-state index in [1.54, 1.807) is 72.1 Å². The van der Waals surface area contributed by atoms with E-state index in [0.29, 0.717) is 78.0 Å². The molecule has 0 radical (unpaired) electrons. The molecular formula is C33H64N6O8. The molecule has 14 heteroatoms. The van der Waals surface area contributed by atoms with Gasteiger partial charge in [0.25, 0.3) is 0 Å². The van der Waals surface area contributed by atoms with E-state index < -0.39 is 35.1 Å². The molecule has 0 aromatic rings. The highest BCUT2D eigenvalue weighted by atomic mass is 16.6. The molecular weight excluding hydrogens is 608 g/mol. The van der Waals surface area contributed by atoms with Gasteiger partial charge in [0.2, 0.25) is 11.8 Å². The van der Waals surface area contributed by atoms with Crippen LogP contribution >= 0.6 is 0 Å². The zero-order valence-electron chi connectivity index (χ0n) is 30.6. The van der Waals surface area contributed by atoms with Crippen LogP contribution in [0.1, 0.15) is 114 Å². The van der Waals surface area contributed by atoms with E-state index in [1.807, 2.05) is 0 Å². The highest BCUT2D eigenvalue weighted by Gasteiger charge is 2.24. The van der Waals surface area contributed by atoms with Gasteiger partial charge in [-0.05, 0) is 107 Å². The lowest BCUT2D eigenvalue weighted by atomic mass is 10.2. The van der Waals surface area contributed by atoms with Crippen LogP contribution < -0.4 is 21.7 Å². The smallest absolute Gasteiger partial charge is 0.410 e. The second kappa shape index (κ2) is 22.3. The van der Waals surface area contributed by atoms with Crippen molar-refractivity contribution in [2.75, 3.05) is 52.4 Å². The van der Waals surface area contributed by atoms with E-state index >= 15 is 0 Å². The monoisotopic (exact) mass is 672 g/mol. The molecule has 0 atom stereocenters. The lowest BCUT2D eigenvalue weighted by Crippen LogP contribution is -2.40. The van der Waals surface area contributed by atoms with Crippen LogP contribution in [0.15, 0.2) is 0 Å². The fraction of sp³-hybridized carbons (Fsp3) is 0.848. The molecule has 0 aromatic heterocycles. The lowest BCUT2D eigenvalue weighted by Gasteiger charge is -2.29. The van der Waals surface area contributed by atoms with Gasteiger partial charge < -0.3 is 45.7 Å². The molecule has 0 bridgehead atoms. The molecule has 0 aliphatic rings. The molecule has 0 spiro atoms. The van der Waals surface area contributed by atoms with Crippen molar-refractivity contribution >= 4 is 30.1 Å². The molecule has 274 valence electrons. The number of hydrogen-bond acceptors (Lipinski definition) is 9. The Morgan fingerprint density at radius 3 is 1.26 bits per heavy atom. The van der Waals surface area contributed by atoms with Crippen LogP contribution in [0.25, 0.3) is 0 Å². The van der Waals surface area contributed by atoms with Gasteiger partial charge in [-0.3, -0.25) is 9.59 Å². The van der Waals surface area contributed by atoms with Gasteiger partial charge in [0.1, 0.15) is 16.8 Å². The maximum atomic E-state index is 12.9.